The Kier molecular flexibility index (Phi) is 10.6. The van der Waals surface area contributed by atoms with Gasteiger partial charge in [0, 0.05) is 6.42 Å². The van der Waals surface area contributed by atoms with E-state index >= 15 is 0 Å². The van der Waals surface area contributed by atoms with E-state index in [2.05, 4.69) is 10.6 Å². The molecular weight excluding hydrogens is 440 g/mol. The molecule has 2 N–H and O–H groups in total. The standard InChI is InChI=1S/C25H42N2O7/c1-16(2)21(27-24(31)34-25(3,4)5)22(29)26-19(23(30)33-18-12-8-9-13-18)14-15-20(28)32-17-10-6-7-11-17/h16-19,21H,6-15H2,1-5H3,(H,26,29)(H,27,31)/t19-,21+/m1/s1. The van der Waals surface area contributed by atoms with E-state index in [1.54, 1.807) is 34.6 Å². The number of ether oxygens (including phenoxy) is 3. The molecule has 34 heavy (non-hydrogen) atoms. The van der Waals surface area contributed by atoms with Crippen LogP contribution < -0.4 is 10.6 Å². The zero-order valence-corrected chi connectivity index (χ0v) is 21.3. The summed E-state index contributed by atoms with van der Waals surface area (Å²) in [5.41, 5.74) is -0.713. The summed E-state index contributed by atoms with van der Waals surface area (Å²) in [7, 11) is 0. The lowest BCUT2D eigenvalue weighted by atomic mass is 10.0. The summed E-state index contributed by atoms with van der Waals surface area (Å²) < 4.78 is 16.4. The summed E-state index contributed by atoms with van der Waals surface area (Å²) in [6.45, 7) is 8.77. The van der Waals surface area contributed by atoms with Gasteiger partial charge in [0.2, 0.25) is 5.91 Å². The molecule has 2 aliphatic rings. The Labute approximate surface area is 203 Å². The van der Waals surface area contributed by atoms with Crippen LogP contribution in [0.4, 0.5) is 4.79 Å². The molecule has 0 heterocycles. The van der Waals surface area contributed by atoms with Gasteiger partial charge in [0.1, 0.15) is 29.9 Å². The Balaban J connectivity index is 2.01. The van der Waals surface area contributed by atoms with Crippen molar-refractivity contribution in [3.63, 3.8) is 0 Å². The minimum absolute atomic E-state index is 0.00689. The van der Waals surface area contributed by atoms with E-state index in [4.69, 9.17) is 14.2 Å². The van der Waals surface area contributed by atoms with Crippen LogP contribution in [-0.4, -0.2) is 53.8 Å². The van der Waals surface area contributed by atoms with Gasteiger partial charge in [-0.1, -0.05) is 13.8 Å². The van der Waals surface area contributed by atoms with E-state index in [9.17, 15) is 19.2 Å². The first-order valence-corrected chi connectivity index (χ1v) is 12.6. The average Bonchev–Trinajstić information content (AvgIpc) is 3.41. The Hall–Kier alpha value is -2.32. The lowest BCUT2D eigenvalue weighted by Gasteiger charge is -2.27. The molecule has 0 aromatic rings. The second-order valence-corrected chi connectivity index (χ2v) is 10.7. The molecule has 2 aliphatic carbocycles. The highest BCUT2D eigenvalue weighted by Crippen LogP contribution is 2.23. The molecule has 0 saturated heterocycles. The number of rotatable bonds is 10. The molecule has 9 nitrogen and oxygen atoms in total. The number of carbonyl (C=O) groups excluding carboxylic acids is 4. The van der Waals surface area contributed by atoms with Crippen LogP contribution in [0, 0.1) is 5.92 Å². The van der Waals surface area contributed by atoms with Gasteiger partial charge in [-0.3, -0.25) is 9.59 Å². The topological polar surface area (TPSA) is 120 Å². The Morgan fingerprint density at radius 1 is 0.853 bits per heavy atom. The van der Waals surface area contributed by atoms with Gasteiger partial charge in [-0.15, -0.1) is 0 Å². The number of alkyl carbamates (subject to hydrolysis) is 1. The first-order valence-electron chi connectivity index (χ1n) is 12.6. The van der Waals surface area contributed by atoms with E-state index in [0.717, 1.165) is 51.4 Å². The molecular formula is C25H42N2O7. The quantitative estimate of drug-likeness (QED) is 0.359. The molecule has 0 radical (unpaired) electrons. The van der Waals surface area contributed by atoms with Crippen LogP contribution >= 0.6 is 0 Å². The molecule has 0 unspecified atom stereocenters. The lowest BCUT2D eigenvalue weighted by molar-refractivity contribution is -0.154. The van der Waals surface area contributed by atoms with Crippen molar-refractivity contribution in [2.75, 3.05) is 0 Å². The maximum Gasteiger partial charge on any atom is 0.408 e. The summed E-state index contributed by atoms with van der Waals surface area (Å²) in [6, 6.07) is -1.92. The van der Waals surface area contributed by atoms with Gasteiger partial charge in [-0.25, -0.2) is 9.59 Å². The summed E-state index contributed by atoms with van der Waals surface area (Å²) in [6.07, 6.45) is 6.53. The van der Waals surface area contributed by atoms with E-state index in [1.807, 2.05) is 0 Å². The monoisotopic (exact) mass is 482 g/mol. The summed E-state index contributed by atoms with van der Waals surface area (Å²) in [5, 5.41) is 5.28. The highest BCUT2D eigenvalue weighted by Gasteiger charge is 2.33. The number of esters is 2. The average molecular weight is 483 g/mol. The van der Waals surface area contributed by atoms with Crippen molar-refractivity contribution in [3.05, 3.63) is 0 Å². The SMILES string of the molecule is CC(C)[C@H](NC(=O)OC(C)(C)C)C(=O)N[C@H](CCC(=O)OC1CCCC1)C(=O)OC1CCCC1. The smallest absolute Gasteiger partial charge is 0.408 e. The summed E-state index contributed by atoms with van der Waals surface area (Å²) in [4.78, 5) is 50.5. The third-order valence-electron chi connectivity index (χ3n) is 6.04. The highest BCUT2D eigenvalue weighted by atomic mass is 16.6. The fourth-order valence-corrected chi connectivity index (χ4v) is 4.25. The fraction of sp³-hybridized carbons (Fsp3) is 0.840. The number of amides is 2. The minimum atomic E-state index is -1.01. The highest BCUT2D eigenvalue weighted by molar-refractivity contribution is 5.90. The second-order valence-electron chi connectivity index (χ2n) is 10.7. The molecule has 9 heteroatoms. The zero-order valence-electron chi connectivity index (χ0n) is 21.3. The van der Waals surface area contributed by atoms with Gasteiger partial charge in [-0.2, -0.15) is 0 Å². The van der Waals surface area contributed by atoms with Crippen molar-refractivity contribution >= 4 is 23.9 Å². The molecule has 194 valence electrons. The molecule has 0 aromatic carbocycles. The van der Waals surface area contributed by atoms with E-state index in [1.165, 1.54) is 0 Å². The van der Waals surface area contributed by atoms with Crippen LogP contribution in [0.25, 0.3) is 0 Å². The molecule has 0 spiro atoms. The number of nitrogens with one attached hydrogen (secondary N) is 2. The zero-order chi connectivity index (χ0) is 25.3. The maximum atomic E-state index is 13.1. The van der Waals surface area contributed by atoms with Gasteiger partial charge >= 0.3 is 18.0 Å². The van der Waals surface area contributed by atoms with Crippen LogP contribution in [0.1, 0.15) is 98.8 Å². The third-order valence-corrected chi connectivity index (χ3v) is 6.04. The largest absolute Gasteiger partial charge is 0.462 e. The van der Waals surface area contributed by atoms with Crippen molar-refractivity contribution in [1.29, 1.82) is 0 Å². The van der Waals surface area contributed by atoms with Crippen LogP contribution in [0.15, 0.2) is 0 Å². The van der Waals surface area contributed by atoms with Crippen molar-refractivity contribution < 1.29 is 33.4 Å². The molecule has 2 rings (SSSR count). The van der Waals surface area contributed by atoms with Crippen molar-refractivity contribution in [3.8, 4) is 0 Å². The predicted octanol–water partition coefficient (Wildman–Crippen LogP) is 3.77. The van der Waals surface area contributed by atoms with Gasteiger partial charge in [-0.05, 0) is 84.5 Å². The molecule has 0 bridgehead atoms. The van der Waals surface area contributed by atoms with Gasteiger partial charge in [0.05, 0.1) is 0 Å². The first-order chi connectivity index (χ1) is 15.9. The Morgan fingerprint density at radius 2 is 1.38 bits per heavy atom. The van der Waals surface area contributed by atoms with Crippen molar-refractivity contribution in [2.24, 2.45) is 5.92 Å². The number of hydrogen-bond donors (Lipinski definition) is 2. The second kappa shape index (κ2) is 13.0. The minimum Gasteiger partial charge on any atom is -0.462 e. The fourth-order valence-electron chi connectivity index (χ4n) is 4.25. The first kappa shape index (κ1) is 27.9. The van der Waals surface area contributed by atoms with E-state index < -0.39 is 35.7 Å². The Bertz CT molecular complexity index is 705. The van der Waals surface area contributed by atoms with Gasteiger partial charge in [0.15, 0.2) is 0 Å². The summed E-state index contributed by atoms with van der Waals surface area (Å²) in [5.74, 6) is -1.73. The normalized spacial score (nSPS) is 18.9. The molecule has 2 amide bonds. The number of carbonyl (C=O) groups is 4. The van der Waals surface area contributed by atoms with E-state index in [-0.39, 0.29) is 36.9 Å². The predicted molar refractivity (Wildman–Crippen MR) is 126 cm³/mol. The van der Waals surface area contributed by atoms with Crippen molar-refractivity contribution in [2.45, 2.75) is 129 Å². The van der Waals surface area contributed by atoms with Crippen LogP contribution in [-0.2, 0) is 28.6 Å². The molecule has 2 saturated carbocycles. The molecule has 2 atom stereocenters. The Morgan fingerprint density at radius 3 is 1.88 bits per heavy atom. The molecule has 0 aliphatic heterocycles. The lowest BCUT2D eigenvalue weighted by Crippen LogP contribution is -2.54. The van der Waals surface area contributed by atoms with Crippen LogP contribution in [0.5, 0.6) is 0 Å². The molecule has 0 aromatic heterocycles. The van der Waals surface area contributed by atoms with E-state index in [0.29, 0.717) is 0 Å². The molecule has 2 fully saturated rings. The maximum absolute atomic E-state index is 13.1. The van der Waals surface area contributed by atoms with Gasteiger partial charge in [0.25, 0.3) is 0 Å². The van der Waals surface area contributed by atoms with Crippen LogP contribution in [0.2, 0.25) is 0 Å². The number of hydrogen-bond acceptors (Lipinski definition) is 7. The van der Waals surface area contributed by atoms with Gasteiger partial charge < -0.3 is 24.8 Å². The van der Waals surface area contributed by atoms with Crippen LogP contribution in [0.3, 0.4) is 0 Å². The third kappa shape index (κ3) is 9.89. The summed E-state index contributed by atoms with van der Waals surface area (Å²) >= 11 is 0. The van der Waals surface area contributed by atoms with Crippen molar-refractivity contribution in [1.82, 2.24) is 10.6 Å².